The normalized spacial score (nSPS) is 11.0. The molecule has 0 atom stereocenters. The number of nitrogen functional groups attached to an aromatic ring is 1. The second-order valence-corrected chi connectivity index (χ2v) is 5.02. The summed E-state index contributed by atoms with van der Waals surface area (Å²) in [5.74, 6) is 1.62. The number of aliphatic hydroxyl groups excluding tert-OH is 1. The zero-order valence-electron chi connectivity index (χ0n) is 12.5. The van der Waals surface area contributed by atoms with E-state index in [2.05, 4.69) is 0 Å². The Kier molecular flexibility index (Phi) is 3.98. The quantitative estimate of drug-likeness (QED) is 0.710. The van der Waals surface area contributed by atoms with Crippen molar-refractivity contribution in [3.8, 4) is 17.1 Å². The molecule has 0 amide bonds. The number of anilines is 1. The molecule has 3 aromatic rings. The summed E-state index contributed by atoms with van der Waals surface area (Å²) >= 11 is 0. The van der Waals surface area contributed by atoms with Gasteiger partial charge in [-0.1, -0.05) is 0 Å². The van der Waals surface area contributed by atoms with Crippen molar-refractivity contribution in [2.45, 2.75) is 13.5 Å². The lowest BCUT2D eigenvalue weighted by atomic mass is 10.2. The molecule has 0 aliphatic rings. The Hall–Kier alpha value is -2.53. The fraction of sp³-hybridized carbons (Fsp3) is 0.235. The Morgan fingerprint density at radius 1 is 1.18 bits per heavy atom. The van der Waals surface area contributed by atoms with Crippen molar-refractivity contribution in [2.24, 2.45) is 0 Å². The summed E-state index contributed by atoms with van der Waals surface area (Å²) < 4.78 is 7.54. The van der Waals surface area contributed by atoms with E-state index in [-0.39, 0.29) is 6.61 Å². The van der Waals surface area contributed by atoms with E-state index in [1.165, 1.54) is 0 Å². The van der Waals surface area contributed by atoms with Crippen LogP contribution in [0.2, 0.25) is 0 Å². The van der Waals surface area contributed by atoms with Crippen LogP contribution in [0.4, 0.5) is 5.69 Å². The van der Waals surface area contributed by atoms with Gasteiger partial charge in [-0.15, -0.1) is 0 Å². The molecule has 0 saturated heterocycles. The minimum atomic E-state index is 0.0562. The predicted molar refractivity (Wildman–Crippen MR) is 87.8 cm³/mol. The molecule has 3 N–H and O–H groups in total. The number of nitrogens with zero attached hydrogens (tertiary/aromatic N) is 2. The lowest BCUT2D eigenvalue weighted by Gasteiger charge is -2.08. The third-order valence-corrected chi connectivity index (χ3v) is 3.52. The summed E-state index contributed by atoms with van der Waals surface area (Å²) in [6.07, 6.45) is 0. The molecule has 1 aromatic heterocycles. The van der Waals surface area contributed by atoms with E-state index < -0.39 is 0 Å². The Morgan fingerprint density at radius 3 is 2.64 bits per heavy atom. The Bertz CT molecular complexity index is 778. The first-order valence-electron chi connectivity index (χ1n) is 7.32. The molecule has 3 rings (SSSR count). The van der Waals surface area contributed by atoms with Crippen LogP contribution < -0.4 is 10.5 Å². The van der Waals surface area contributed by atoms with Gasteiger partial charge in [-0.05, 0) is 43.3 Å². The Balaban J connectivity index is 2.15. The van der Waals surface area contributed by atoms with E-state index >= 15 is 0 Å². The van der Waals surface area contributed by atoms with Gasteiger partial charge in [0.05, 0.1) is 24.2 Å². The number of aromatic nitrogens is 2. The van der Waals surface area contributed by atoms with E-state index in [1.807, 2.05) is 54.0 Å². The highest BCUT2D eigenvalue weighted by atomic mass is 16.5. The Labute approximate surface area is 129 Å². The topological polar surface area (TPSA) is 73.3 Å². The first-order valence-corrected chi connectivity index (χ1v) is 7.32. The van der Waals surface area contributed by atoms with Crippen LogP contribution in [0.3, 0.4) is 0 Å². The van der Waals surface area contributed by atoms with Crippen LogP contribution in [0.15, 0.2) is 42.5 Å². The highest BCUT2D eigenvalue weighted by molar-refractivity contribution is 5.82. The van der Waals surface area contributed by atoms with Gasteiger partial charge in [0.15, 0.2) is 0 Å². The van der Waals surface area contributed by atoms with Gasteiger partial charge in [0.1, 0.15) is 11.6 Å². The zero-order valence-corrected chi connectivity index (χ0v) is 12.5. The van der Waals surface area contributed by atoms with E-state index in [0.717, 1.165) is 28.2 Å². The highest BCUT2D eigenvalue weighted by Crippen LogP contribution is 2.28. The molecule has 5 nitrogen and oxygen atoms in total. The summed E-state index contributed by atoms with van der Waals surface area (Å²) in [5, 5.41) is 9.36. The molecule has 114 valence electrons. The number of benzene rings is 2. The number of imidazole rings is 1. The van der Waals surface area contributed by atoms with Crippen LogP contribution in [-0.2, 0) is 6.54 Å². The number of ether oxygens (including phenoxy) is 1. The fourth-order valence-corrected chi connectivity index (χ4v) is 2.54. The Morgan fingerprint density at radius 2 is 1.95 bits per heavy atom. The van der Waals surface area contributed by atoms with Gasteiger partial charge < -0.3 is 20.1 Å². The lowest BCUT2D eigenvalue weighted by Crippen LogP contribution is -2.04. The summed E-state index contributed by atoms with van der Waals surface area (Å²) in [7, 11) is 0. The van der Waals surface area contributed by atoms with Crippen LogP contribution in [0.25, 0.3) is 22.4 Å². The number of fused-ring (bicyclic) bond motifs is 1. The van der Waals surface area contributed by atoms with E-state index in [4.69, 9.17) is 15.5 Å². The minimum absolute atomic E-state index is 0.0562. The standard InChI is InChI=1S/C17H19N3O2/c1-2-22-14-7-8-16-15(11-14)19-17(20(16)9-10-21)12-3-5-13(18)6-4-12/h3-8,11,21H,2,9-10,18H2,1H3. The molecular formula is C17H19N3O2. The SMILES string of the molecule is CCOc1ccc2c(c1)nc(-c1ccc(N)cc1)n2CCO. The average molecular weight is 297 g/mol. The highest BCUT2D eigenvalue weighted by Gasteiger charge is 2.13. The summed E-state index contributed by atoms with van der Waals surface area (Å²) in [6, 6.07) is 13.4. The average Bonchev–Trinajstić information content (AvgIpc) is 2.87. The van der Waals surface area contributed by atoms with Crippen molar-refractivity contribution in [1.82, 2.24) is 9.55 Å². The molecule has 5 heteroatoms. The van der Waals surface area contributed by atoms with Crippen molar-refractivity contribution in [3.05, 3.63) is 42.5 Å². The van der Waals surface area contributed by atoms with E-state index in [0.29, 0.717) is 18.8 Å². The molecule has 0 aliphatic heterocycles. The van der Waals surface area contributed by atoms with Crippen LogP contribution >= 0.6 is 0 Å². The fourth-order valence-electron chi connectivity index (χ4n) is 2.54. The number of hydrogen-bond donors (Lipinski definition) is 2. The summed E-state index contributed by atoms with van der Waals surface area (Å²) in [6.45, 7) is 3.12. The molecule has 22 heavy (non-hydrogen) atoms. The van der Waals surface area contributed by atoms with Gasteiger partial charge in [-0.3, -0.25) is 0 Å². The number of aliphatic hydroxyl groups is 1. The maximum Gasteiger partial charge on any atom is 0.141 e. The molecule has 0 radical (unpaired) electrons. The van der Waals surface area contributed by atoms with Crippen molar-refractivity contribution >= 4 is 16.7 Å². The monoisotopic (exact) mass is 297 g/mol. The first kappa shape index (κ1) is 14.4. The molecule has 0 spiro atoms. The van der Waals surface area contributed by atoms with Crippen molar-refractivity contribution in [2.75, 3.05) is 18.9 Å². The van der Waals surface area contributed by atoms with Gasteiger partial charge >= 0.3 is 0 Å². The largest absolute Gasteiger partial charge is 0.494 e. The van der Waals surface area contributed by atoms with E-state index in [1.54, 1.807) is 0 Å². The third-order valence-electron chi connectivity index (χ3n) is 3.52. The lowest BCUT2D eigenvalue weighted by molar-refractivity contribution is 0.278. The maximum atomic E-state index is 9.36. The van der Waals surface area contributed by atoms with Crippen molar-refractivity contribution in [3.63, 3.8) is 0 Å². The van der Waals surface area contributed by atoms with Crippen LogP contribution in [0.1, 0.15) is 6.92 Å². The molecule has 2 aromatic carbocycles. The molecular weight excluding hydrogens is 278 g/mol. The molecule has 0 fully saturated rings. The van der Waals surface area contributed by atoms with Crippen LogP contribution in [-0.4, -0.2) is 27.9 Å². The molecule has 0 unspecified atom stereocenters. The van der Waals surface area contributed by atoms with Gasteiger partial charge in [-0.25, -0.2) is 4.98 Å². The zero-order chi connectivity index (χ0) is 15.5. The maximum absolute atomic E-state index is 9.36. The van der Waals surface area contributed by atoms with Crippen LogP contribution in [0.5, 0.6) is 5.75 Å². The first-order chi connectivity index (χ1) is 10.7. The molecule has 1 heterocycles. The number of nitrogens with two attached hydrogens (primary N) is 1. The minimum Gasteiger partial charge on any atom is -0.494 e. The summed E-state index contributed by atoms with van der Waals surface area (Å²) in [4.78, 5) is 4.71. The van der Waals surface area contributed by atoms with Gasteiger partial charge in [0.25, 0.3) is 0 Å². The second-order valence-electron chi connectivity index (χ2n) is 5.02. The van der Waals surface area contributed by atoms with Gasteiger partial charge in [0, 0.05) is 23.9 Å². The van der Waals surface area contributed by atoms with Crippen molar-refractivity contribution < 1.29 is 9.84 Å². The predicted octanol–water partition coefficient (Wildman–Crippen LogP) is 2.68. The van der Waals surface area contributed by atoms with Gasteiger partial charge in [-0.2, -0.15) is 0 Å². The van der Waals surface area contributed by atoms with E-state index in [9.17, 15) is 5.11 Å². The third kappa shape index (κ3) is 2.63. The molecule has 0 bridgehead atoms. The smallest absolute Gasteiger partial charge is 0.141 e. The summed E-state index contributed by atoms with van der Waals surface area (Å²) in [5.41, 5.74) is 9.26. The van der Waals surface area contributed by atoms with Crippen molar-refractivity contribution in [1.29, 1.82) is 0 Å². The molecule has 0 aliphatic carbocycles. The number of rotatable bonds is 5. The van der Waals surface area contributed by atoms with Gasteiger partial charge in [0.2, 0.25) is 0 Å². The second kappa shape index (κ2) is 6.07. The van der Waals surface area contributed by atoms with Crippen LogP contribution in [0, 0.1) is 0 Å². The number of hydrogen-bond acceptors (Lipinski definition) is 4. The molecule has 0 saturated carbocycles.